The van der Waals surface area contributed by atoms with E-state index in [-0.39, 0.29) is 0 Å². The number of hydrogen-bond donors (Lipinski definition) is 1. The fourth-order valence-electron chi connectivity index (χ4n) is 1.99. The van der Waals surface area contributed by atoms with E-state index in [4.69, 9.17) is 12.2 Å². The van der Waals surface area contributed by atoms with Gasteiger partial charge in [0.05, 0.1) is 4.99 Å². The second-order valence-corrected chi connectivity index (χ2v) is 5.28. The van der Waals surface area contributed by atoms with Crippen LogP contribution in [0.4, 0.5) is 5.69 Å². The van der Waals surface area contributed by atoms with Gasteiger partial charge in [-0.3, -0.25) is 0 Å². The lowest BCUT2D eigenvalue weighted by molar-refractivity contribution is 0.596. The van der Waals surface area contributed by atoms with Crippen LogP contribution >= 0.6 is 12.2 Å². The molecule has 0 bridgehead atoms. The van der Waals surface area contributed by atoms with Crippen molar-refractivity contribution in [3.63, 3.8) is 0 Å². The third-order valence-electron chi connectivity index (χ3n) is 3.06. The monoisotopic (exact) mass is 263 g/mol. The Morgan fingerprint density at radius 2 is 1.56 bits per heavy atom. The summed E-state index contributed by atoms with van der Waals surface area (Å²) in [5.74, 6) is 0. The largest absolute Gasteiger partial charge is 0.350 e. The van der Waals surface area contributed by atoms with Gasteiger partial charge >= 0.3 is 0 Å². The highest BCUT2D eigenvalue weighted by Crippen LogP contribution is 2.11. The van der Waals surface area contributed by atoms with Crippen molar-refractivity contribution < 1.29 is 0 Å². The lowest BCUT2D eigenvalue weighted by Crippen LogP contribution is -2.08. The van der Waals surface area contributed by atoms with Crippen LogP contribution in [0, 0.1) is 0 Å². The Kier molecular flexibility index (Phi) is 8.49. The minimum absolute atomic E-state index is 0.967. The molecule has 0 atom stereocenters. The summed E-state index contributed by atoms with van der Waals surface area (Å²) < 4.78 is 0. The summed E-state index contributed by atoms with van der Waals surface area (Å²) in [6, 6.07) is 10.2. The second-order valence-electron chi connectivity index (χ2n) is 4.79. The minimum atomic E-state index is 0.967. The van der Waals surface area contributed by atoms with Crippen LogP contribution in [0.25, 0.3) is 0 Å². The van der Waals surface area contributed by atoms with Crippen LogP contribution in [0.5, 0.6) is 0 Å². The number of nitrogens with one attached hydrogen (secondary N) is 1. The first-order valence-electron chi connectivity index (χ1n) is 7.18. The summed E-state index contributed by atoms with van der Waals surface area (Å²) >= 11 is 5.34. The van der Waals surface area contributed by atoms with Gasteiger partial charge in [0.25, 0.3) is 0 Å². The molecule has 0 unspecified atom stereocenters. The third kappa shape index (κ3) is 7.44. The number of hydrogen-bond acceptors (Lipinski definition) is 1. The summed E-state index contributed by atoms with van der Waals surface area (Å²) in [5, 5.41) is 3.28. The van der Waals surface area contributed by atoms with Crippen LogP contribution in [0.1, 0.15) is 58.3 Å². The van der Waals surface area contributed by atoms with E-state index in [1.165, 1.54) is 44.9 Å². The smallest absolute Gasteiger partial charge is 0.0797 e. The first kappa shape index (κ1) is 15.2. The lowest BCUT2D eigenvalue weighted by atomic mass is 10.1. The molecule has 0 fully saturated rings. The van der Waals surface area contributed by atoms with E-state index in [0.29, 0.717) is 0 Å². The van der Waals surface area contributed by atoms with E-state index in [2.05, 4.69) is 24.4 Å². The predicted octanol–water partition coefficient (Wildman–Crippen LogP) is 5.57. The molecule has 0 heterocycles. The van der Waals surface area contributed by atoms with Gasteiger partial charge in [-0.1, -0.05) is 75.9 Å². The molecule has 0 aliphatic rings. The summed E-state index contributed by atoms with van der Waals surface area (Å²) in [4.78, 5) is 0.967. The maximum Gasteiger partial charge on any atom is 0.0797 e. The number of para-hydroxylation sites is 1. The molecule has 1 aromatic rings. The summed E-state index contributed by atoms with van der Waals surface area (Å²) in [6.07, 6.45) is 10.4. The number of benzene rings is 1. The van der Waals surface area contributed by atoms with E-state index in [1.54, 1.807) is 0 Å². The molecule has 0 aliphatic heterocycles. The van der Waals surface area contributed by atoms with Gasteiger partial charge in [0.2, 0.25) is 0 Å². The molecule has 18 heavy (non-hydrogen) atoms. The van der Waals surface area contributed by atoms with Crippen LogP contribution in [0.3, 0.4) is 0 Å². The van der Waals surface area contributed by atoms with Crippen LogP contribution in [0.15, 0.2) is 30.3 Å². The third-order valence-corrected chi connectivity index (χ3v) is 3.37. The molecule has 0 saturated heterocycles. The molecule has 1 N–H and O–H groups in total. The SMILES string of the molecule is CCCCCCCCCC(=S)Nc1ccccc1. The highest BCUT2D eigenvalue weighted by atomic mass is 32.1. The molecule has 1 aromatic carbocycles. The van der Waals surface area contributed by atoms with E-state index < -0.39 is 0 Å². The minimum Gasteiger partial charge on any atom is -0.350 e. The van der Waals surface area contributed by atoms with E-state index in [0.717, 1.165) is 17.1 Å². The van der Waals surface area contributed by atoms with Gasteiger partial charge in [0.1, 0.15) is 0 Å². The van der Waals surface area contributed by atoms with Gasteiger partial charge < -0.3 is 5.32 Å². The number of rotatable bonds is 9. The summed E-state index contributed by atoms with van der Waals surface area (Å²) in [6.45, 7) is 2.26. The first-order valence-corrected chi connectivity index (χ1v) is 7.58. The molecule has 0 aliphatic carbocycles. The maximum atomic E-state index is 5.34. The van der Waals surface area contributed by atoms with Crippen LogP contribution in [-0.4, -0.2) is 4.99 Å². The summed E-state index contributed by atoms with van der Waals surface area (Å²) in [5.41, 5.74) is 1.10. The standard InChI is InChI=1S/C16H25NS/c1-2-3-4-5-6-7-11-14-16(18)17-15-12-9-8-10-13-15/h8-10,12-13H,2-7,11,14H2,1H3,(H,17,18). The normalized spacial score (nSPS) is 10.3. The Morgan fingerprint density at radius 3 is 2.22 bits per heavy atom. The topological polar surface area (TPSA) is 12.0 Å². The molecule has 0 spiro atoms. The fraction of sp³-hybridized carbons (Fsp3) is 0.562. The van der Waals surface area contributed by atoms with Crippen molar-refractivity contribution in [1.82, 2.24) is 0 Å². The van der Waals surface area contributed by atoms with Crippen molar-refractivity contribution in [1.29, 1.82) is 0 Å². The van der Waals surface area contributed by atoms with Gasteiger partial charge in [0.15, 0.2) is 0 Å². The van der Waals surface area contributed by atoms with Crippen molar-refractivity contribution in [3.05, 3.63) is 30.3 Å². The number of anilines is 1. The maximum absolute atomic E-state index is 5.34. The molecular formula is C16H25NS. The van der Waals surface area contributed by atoms with Gasteiger partial charge in [-0.15, -0.1) is 0 Å². The van der Waals surface area contributed by atoms with Crippen LogP contribution in [0.2, 0.25) is 0 Å². The van der Waals surface area contributed by atoms with Crippen LogP contribution < -0.4 is 5.32 Å². The Bertz CT molecular complexity index is 321. The molecule has 2 heteroatoms. The molecule has 0 radical (unpaired) electrons. The Labute approximate surface area is 117 Å². The Hall–Kier alpha value is -0.890. The van der Waals surface area contributed by atoms with Crippen molar-refractivity contribution >= 4 is 22.9 Å². The number of unbranched alkanes of at least 4 members (excludes halogenated alkanes) is 6. The van der Waals surface area contributed by atoms with Gasteiger partial charge in [0, 0.05) is 5.69 Å². The van der Waals surface area contributed by atoms with E-state index >= 15 is 0 Å². The van der Waals surface area contributed by atoms with Crippen molar-refractivity contribution in [2.45, 2.75) is 58.3 Å². The fourth-order valence-corrected chi connectivity index (χ4v) is 2.25. The van der Waals surface area contributed by atoms with Crippen molar-refractivity contribution in [2.75, 3.05) is 5.32 Å². The first-order chi connectivity index (χ1) is 8.83. The van der Waals surface area contributed by atoms with Gasteiger partial charge in [-0.05, 0) is 25.0 Å². The van der Waals surface area contributed by atoms with Crippen molar-refractivity contribution in [2.24, 2.45) is 0 Å². The molecule has 0 saturated carbocycles. The van der Waals surface area contributed by atoms with Crippen molar-refractivity contribution in [3.8, 4) is 0 Å². The Morgan fingerprint density at radius 1 is 0.944 bits per heavy atom. The molecule has 1 rings (SSSR count). The second kappa shape index (κ2) is 10.1. The highest BCUT2D eigenvalue weighted by Gasteiger charge is 1.97. The van der Waals surface area contributed by atoms with Gasteiger partial charge in [-0.25, -0.2) is 0 Å². The number of thiocarbonyl (C=S) groups is 1. The Balaban J connectivity index is 2.00. The zero-order chi connectivity index (χ0) is 13.1. The lowest BCUT2D eigenvalue weighted by Gasteiger charge is -2.07. The highest BCUT2D eigenvalue weighted by molar-refractivity contribution is 7.80. The zero-order valence-corrected chi connectivity index (χ0v) is 12.3. The predicted molar refractivity (Wildman–Crippen MR) is 85.3 cm³/mol. The quantitative estimate of drug-likeness (QED) is 0.462. The summed E-state index contributed by atoms with van der Waals surface area (Å²) in [7, 11) is 0. The average Bonchev–Trinajstić information content (AvgIpc) is 2.39. The molecule has 100 valence electrons. The van der Waals surface area contributed by atoms with Crippen LogP contribution in [-0.2, 0) is 0 Å². The van der Waals surface area contributed by atoms with Gasteiger partial charge in [-0.2, -0.15) is 0 Å². The zero-order valence-electron chi connectivity index (χ0n) is 11.5. The molecule has 1 nitrogen and oxygen atoms in total. The molecule has 0 aromatic heterocycles. The van der Waals surface area contributed by atoms with E-state index in [1.807, 2.05) is 18.2 Å². The molecular weight excluding hydrogens is 238 g/mol. The van der Waals surface area contributed by atoms with E-state index in [9.17, 15) is 0 Å². The molecule has 0 amide bonds. The average molecular weight is 263 g/mol.